The molecule has 2 atom stereocenters. The van der Waals surface area contributed by atoms with Crippen LogP contribution in [0.1, 0.15) is 16.7 Å². The zero-order valence-corrected chi connectivity index (χ0v) is 27.9. The monoisotopic (exact) mass is 703 g/mol. The van der Waals surface area contributed by atoms with Crippen LogP contribution in [0.2, 0.25) is 10.0 Å². The van der Waals surface area contributed by atoms with E-state index in [1.807, 2.05) is 36.4 Å². The maximum Gasteiger partial charge on any atom is 0.333 e. The van der Waals surface area contributed by atoms with Gasteiger partial charge in [-0.1, -0.05) is 64.7 Å². The summed E-state index contributed by atoms with van der Waals surface area (Å²) in [6, 6.07) is 15.3. The number of nitrogen functional groups attached to an aromatic ring is 1. The number of thiazole rings is 1. The number of nitrogens with one attached hydrogen (secondary N) is 3. The molecule has 1 aliphatic heterocycles. The lowest BCUT2D eigenvalue weighted by molar-refractivity contribution is -0.134. The molecule has 5 aromatic rings. The van der Waals surface area contributed by atoms with E-state index >= 15 is 0 Å². The van der Waals surface area contributed by atoms with Crippen molar-refractivity contribution in [3.8, 4) is 12.3 Å². The van der Waals surface area contributed by atoms with Gasteiger partial charge in [0.15, 0.2) is 5.13 Å². The number of rotatable bonds is 12. The molecular weight excluding hydrogens is 673 g/mol. The summed E-state index contributed by atoms with van der Waals surface area (Å²) in [6.45, 7) is 0.449. The maximum atomic E-state index is 13.8. The molecule has 0 spiro atoms. The third kappa shape index (κ3) is 7.08. The third-order valence-electron chi connectivity index (χ3n) is 8.09. The smallest absolute Gasteiger partial charge is 0.333 e. The van der Waals surface area contributed by atoms with E-state index in [1.165, 1.54) is 21.2 Å². The fourth-order valence-electron chi connectivity index (χ4n) is 5.85. The van der Waals surface area contributed by atoms with Crippen molar-refractivity contribution in [2.24, 2.45) is 0 Å². The molecule has 12 nitrogen and oxygen atoms in total. The fraction of sp³-hybridized carbons (Fsp3) is 0.242. The molecule has 3 heterocycles. The Labute approximate surface area is 290 Å². The van der Waals surface area contributed by atoms with Crippen LogP contribution in [-0.4, -0.2) is 80.2 Å². The number of halogens is 2. The SMILES string of the molecule is C#CCN(C(=O)NCc1ccc(Cl)c(Cl)c1)N1CC(=O)N([C@H](C=O)Cc2ccc3[nH]ncc3c2)[C@@H]1CNCc1cccc2sc(N)nc12. The molecule has 0 radical (unpaired) electrons. The van der Waals surface area contributed by atoms with Gasteiger partial charge in [0, 0.05) is 25.0 Å². The summed E-state index contributed by atoms with van der Waals surface area (Å²) in [6.07, 6.45) is 7.71. The summed E-state index contributed by atoms with van der Waals surface area (Å²) in [5.41, 5.74) is 10.1. The van der Waals surface area contributed by atoms with Crippen molar-refractivity contribution in [2.45, 2.75) is 31.7 Å². The lowest BCUT2D eigenvalue weighted by atomic mass is 10.0. The predicted octanol–water partition coefficient (Wildman–Crippen LogP) is 4.19. The van der Waals surface area contributed by atoms with Gasteiger partial charge in [0.25, 0.3) is 0 Å². The number of H-pyrrole nitrogens is 1. The van der Waals surface area contributed by atoms with E-state index < -0.39 is 18.2 Å². The Hall–Kier alpha value is -4.71. The minimum atomic E-state index is -0.827. The van der Waals surface area contributed by atoms with E-state index in [9.17, 15) is 14.4 Å². The first-order chi connectivity index (χ1) is 23.2. The predicted molar refractivity (Wildman–Crippen MR) is 187 cm³/mol. The molecule has 3 amide bonds. The second kappa shape index (κ2) is 14.6. The normalized spacial score (nSPS) is 15.6. The second-order valence-electron chi connectivity index (χ2n) is 11.2. The van der Waals surface area contributed by atoms with Gasteiger partial charge < -0.3 is 26.1 Å². The molecule has 0 saturated carbocycles. The Morgan fingerprint density at radius 1 is 1.19 bits per heavy atom. The highest BCUT2D eigenvalue weighted by Gasteiger charge is 2.45. The number of para-hydroxylation sites is 1. The van der Waals surface area contributed by atoms with Crippen molar-refractivity contribution >= 4 is 79.0 Å². The fourth-order valence-corrected chi connectivity index (χ4v) is 6.95. The standard InChI is InChI=1S/C33H31Cl2N9O3S/c1-2-10-42(33(47)38-14-21-6-8-25(34)26(35)13-21)43-18-30(46)44(24(19-45)12-20-7-9-27-23(11-20)16-39-41-27)29(43)17-37-15-22-4-3-5-28-31(22)40-32(36)48-28/h1,3-9,11,13,16,19,24,29,37H,10,12,14-15,17-18H2,(H2,36,40)(H,38,47)(H,39,41)/t24-,29+/m0/s1. The Morgan fingerprint density at radius 3 is 2.81 bits per heavy atom. The van der Waals surface area contributed by atoms with Crippen LogP contribution in [0.15, 0.2) is 60.8 Å². The van der Waals surface area contributed by atoms with Gasteiger partial charge in [-0.3, -0.25) is 9.89 Å². The third-order valence-corrected chi connectivity index (χ3v) is 9.68. The van der Waals surface area contributed by atoms with Gasteiger partial charge in [-0.15, -0.1) is 6.42 Å². The summed E-state index contributed by atoms with van der Waals surface area (Å²) in [5, 5.41) is 18.3. The number of carbonyl (C=O) groups excluding carboxylic acids is 3. The number of aromatic nitrogens is 3. The quantitative estimate of drug-likeness (QED) is 0.112. The first-order valence-electron chi connectivity index (χ1n) is 15.0. The minimum absolute atomic E-state index is 0.120. The number of carbonyl (C=O) groups is 3. The van der Waals surface area contributed by atoms with Crippen molar-refractivity contribution in [3.63, 3.8) is 0 Å². The van der Waals surface area contributed by atoms with Crippen LogP contribution in [0, 0.1) is 12.3 Å². The number of aldehydes is 1. The number of benzene rings is 3. The average Bonchev–Trinajstić information content (AvgIpc) is 3.79. The molecule has 15 heteroatoms. The van der Waals surface area contributed by atoms with E-state index in [-0.39, 0.29) is 38.5 Å². The Kier molecular flexibility index (Phi) is 10.1. The number of hydrazine groups is 1. The van der Waals surface area contributed by atoms with Crippen molar-refractivity contribution in [3.05, 3.63) is 87.5 Å². The highest BCUT2D eigenvalue weighted by atomic mass is 35.5. The van der Waals surface area contributed by atoms with E-state index in [1.54, 1.807) is 29.4 Å². The van der Waals surface area contributed by atoms with Gasteiger partial charge >= 0.3 is 6.03 Å². The lowest BCUT2D eigenvalue weighted by Crippen LogP contribution is -2.58. The van der Waals surface area contributed by atoms with Crippen LogP contribution in [0.4, 0.5) is 9.93 Å². The van der Waals surface area contributed by atoms with Crippen molar-refractivity contribution in [1.82, 2.24) is 40.7 Å². The van der Waals surface area contributed by atoms with Crippen LogP contribution >= 0.6 is 34.5 Å². The molecule has 2 aromatic heterocycles. The molecule has 0 aliphatic carbocycles. The molecule has 5 N–H and O–H groups in total. The number of nitrogens with zero attached hydrogens (tertiary/aromatic N) is 5. The molecule has 0 bridgehead atoms. The highest BCUT2D eigenvalue weighted by Crippen LogP contribution is 2.28. The summed E-state index contributed by atoms with van der Waals surface area (Å²) in [5.74, 6) is 2.21. The number of terminal acetylenes is 1. The number of urea groups is 1. The van der Waals surface area contributed by atoms with Gasteiger partial charge in [0.2, 0.25) is 5.91 Å². The highest BCUT2D eigenvalue weighted by molar-refractivity contribution is 7.22. The maximum absolute atomic E-state index is 13.8. The van der Waals surface area contributed by atoms with Crippen molar-refractivity contribution in [1.29, 1.82) is 0 Å². The lowest BCUT2D eigenvalue weighted by Gasteiger charge is -2.38. The number of anilines is 1. The molecule has 1 fully saturated rings. The summed E-state index contributed by atoms with van der Waals surface area (Å²) in [4.78, 5) is 46.1. The van der Waals surface area contributed by atoms with Crippen LogP contribution in [-0.2, 0) is 29.1 Å². The van der Waals surface area contributed by atoms with Gasteiger partial charge in [-0.25, -0.2) is 14.8 Å². The van der Waals surface area contributed by atoms with Crippen molar-refractivity contribution in [2.75, 3.05) is 25.4 Å². The number of amides is 3. The molecule has 3 aromatic carbocycles. The van der Waals surface area contributed by atoms with E-state index in [4.69, 9.17) is 35.4 Å². The van der Waals surface area contributed by atoms with Gasteiger partial charge in [0.1, 0.15) is 12.5 Å². The topological polar surface area (TPSA) is 153 Å². The van der Waals surface area contributed by atoms with Crippen LogP contribution < -0.4 is 16.4 Å². The van der Waals surface area contributed by atoms with E-state index in [0.29, 0.717) is 21.7 Å². The molecule has 1 aliphatic rings. The zero-order chi connectivity index (χ0) is 33.8. The van der Waals surface area contributed by atoms with Gasteiger partial charge in [-0.05, 0) is 53.4 Å². The number of aromatic amines is 1. The average molecular weight is 705 g/mol. The van der Waals surface area contributed by atoms with E-state index in [0.717, 1.165) is 44.1 Å². The number of fused-ring (bicyclic) bond motifs is 2. The van der Waals surface area contributed by atoms with Crippen LogP contribution in [0.3, 0.4) is 0 Å². The Balaban J connectivity index is 1.26. The summed E-state index contributed by atoms with van der Waals surface area (Å²) >= 11 is 13.6. The molecule has 246 valence electrons. The van der Waals surface area contributed by atoms with Gasteiger partial charge in [0.05, 0.1) is 51.1 Å². The Bertz CT molecular complexity index is 2030. The van der Waals surface area contributed by atoms with Gasteiger partial charge in [-0.2, -0.15) is 10.1 Å². The minimum Gasteiger partial charge on any atom is -0.375 e. The molecule has 6 rings (SSSR count). The molecule has 48 heavy (non-hydrogen) atoms. The van der Waals surface area contributed by atoms with Crippen LogP contribution in [0.25, 0.3) is 21.1 Å². The van der Waals surface area contributed by atoms with E-state index in [2.05, 4.69) is 31.7 Å². The van der Waals surface area contributed by atoms with Crippen molar-refractivity contribution < 1.29 is 14.4 Å². The summed E-state index contributed by atoms with van der Waals surface area (Å²) < 4.78 is 0.959. The number of nitrogens with two attached hydrogens (primary N) is 1. The zero-order valence-electron chi connectivity index (χ0n) is 25.5. The number of hydrogen-bond donors (Lipinski definition) is 4. The molecule has 1 saturated heterocycles. The number of hydrogen-bond acceptors (Lipinski definition) is 9. The summed E-state index contributed by atoms with van der Waals surface area (Å²) in [7, 11) is 0. The molecular formula is C33H31Cl2N9O3S. The first kappa shape index (κ1) is 33.2. The first-order valence-corrected chi connectivity index (χ1v) is 16.6. The largest absolute Gasteiger partial charge is 0.375 e. The molecule has 0 unspecified atom stereocenters. The van der Waals surface area contributed by atoms with Crippen LogP contribution in [0.5, 0.6) is 0 Å². The second-order valence-corrected chi connectivity index (χ2v) is 13.1. The Morgan fingerprint density at radius 2 is 2.02 bits per heavy atom.